The third kappa shape index (κ3) is 3.71. The maximum Gasteiger partial charge on any atom is 0.230 e. The molecule has 2 rings (SSSR count). The lowest BCUT2D eigenvalue weighted by atomic mass is 10.2. The zero-order chi connectivity index (χ0) is 14.5. The highest BCUT2D eigenvalue weighted by Crippen LogP contribution is 2.25. The molecule has 1 aromatic heterocycles. The smallest absolute Gasteiger partial charge is 0.230 e. The minimum absolute atomic E-state index is 0.0431. The molecule has 0 unspecified atom stereocenters. The number of methoxy groups -OCH3 is 1. The molecule has 0 radical (unpaired) electrons. The fraction of sp³-hybridized carbons (Fsp3) is 0.286. The van der Waals surface area contributed by atoms with Crippen LogP contribution in [0, 0.1) is 0 Å². The van der Waals surface area contributed by atoms with Gasteiger partial charge in [0.25, 0.3) is 0 Å². The number of benzene rings is 1. The number of amides is 1. The van der Waals surface area contributed by atoms with Gasteiger partial charge in [0.2, 0.25) is 5.91 Å². The van der Waals surface area contributed by atoms with Crippen LogP contribution in [0.1, 0.15) is 17.6 Å². The molecule has 0 fully saturated rings. The number of carbonyl (C=O) groups excluding carboxylic acids is 1. The van der Waals surface area contributed by atoms with Crippen LogP contribution >= 0.6 is 11.3 Å². The molecule has 0 aliphatic carbocycles. The van der Waals surface area contributed by atoms with E-state index in [1.165, 1.54) is 19.2 Å². The number of nitrogens with one attached hydrogen (secondary N) is 1. The van der Waals surface area contributed by atoms with Gasteiger partial charge in [-0.2, -0.15) is 0 Å². The SMILES string of the molecule is CCc1nc(CC(=O)Nc2cc(O)cc(OC)c2)cs1. The van der Waals surface area contributed by atoms with Crippen LogP contribution in [0.2, 0.25) is 0 Å². The van der Waals surface area contributed by atoms with Crippen molar-refractivity contribution in [3.05, 3.63) is 34.3 Å². The van der Waals surface area contributed by atoms with Gasteiger partial charge in [0, 0.05) is 29.3 Å². The Hall–Kier alpha value is -2.08. The molecule has 0 atom stereocenters. The second-order valence-corrected chi connectivity index (χ2v) is 5.17. The van der Waals surface area contributed by atoms with Gasteiger partial charge in [-0.05, 0) is 6.42 Å². The Morgan fingerprint density at radius 2 is 2.25 bits per heavy atom. The number of anilines is 1. The summed E-state index contributed by atoms with van der Waals surface area (Å²) in [5, 5.41) is 15.2. The number of hydrogen-bond acceptors (Lipinski definition) is 5. The van der Waals surface area contributed by atoms with Gasteiger partial charge in [0.15, 0.2) is 0 Å². The van der Waals surface area contributed by atoms with Gasteiger partial charge in [-0.1, -0.05) is 6.92 Å². The third-order valence-electron chi connectivity index (χ3n) is 2.65. The molecule has 1 heterocycles. The minimum Gasteiger partial charge on any atom is -0.508 e. The number of carbonyl (C=O) groups is 1. The summed E-state index contributed by atoms with van der Waals surface area (Å²) in [6.07, 6.45) is 1.09. The fourth-order valence-electron chi connectivity index (χ4n) is 1.74. The van der Waals surface area contributed by atoms with Gasteiger partial charge < -0.3 is 15.2 Å². The molecule has 0 bridgehead atoms. The van der Waals surface area contributed by atoms with Crippen LogP contribution in [0.15, 0.2) is 23.6 Å². The first-order valence-corrected chi connectivity index (χ1v) is 7.10. The number of hydrogen-bond donors (Lipinski definition) is 2. The topological polar surface area (TPSA) is 71.5 Å². The predicted molar refractivity (Wildman–Crippen MR) is 78.5 cm³/mol. The zero-order valence-electron chi connectivity index (χ0n) is 11.3. The predicted octanol–water partition coefficient (Wildman–Crippen LogP) is 2.60. The monoisotopic (exact) mass is 292 g/mol. The van der Waals surface area contributed by atoms with E-state index in [2.05, 4.69) is 10.3 Å². The Morgan fingerprint density at radius 3 is 2.90 bits per heavy atom. The second-order valence-electron chi connectivity index (χ2n) is 4.23. The molecule has 6 heteroatoms. The van der Waals surface area contributed by atoms with Crippen molar-refractivity contribution in [1.82, 2.24) is 4.98 Å². The molecule has 2 N–H and O–H groups in total. The number of nitrogens with zero attached hydrogens (tertiary/aromatic N) is 1. The van der Waals surface area contributed by atoms with Crippen molar-refractivity contribution in [2.45, 2.75) is 19.8 Å². The van der Waals surface area contributed by atoms with Crippen molar-refractivity contribution in [3.8, 4) is 11.5 Å². The van der Waals surface area contributed by atoms with E-state index < -0.39 is 0 Å². The molecule has 0 spiro atoms. The standard InChI is InChI=1S/C14H16N2O3S/c1-3-14-16-10(8-20-14)6-13(18)15-9-4-11(17)7-12(5-9)19-2/h4-5,7-8,17H,3,6H2,1-2H3,(H,15,18). The molecule has 106 valence electrons. The molecule has 1 aromatic carbocycles. The Kier molecular flexibility index (Phi) is 4.57. The molecule has 0 aliphatic heterocycles. The van der Waals surface area contributed by atoms with Gasteiger partial charge in [0.1, 0.15) is 11.5 Å². The molecule has 0 saturated carbocycles. The molecule has 1 amide bonds. The van der Waals surface area contributed by atoms with Crippen molar-refractivity contribution in [2.75, 3.05) is 12.4 Å². The number of aromatic hydroxyl groups is 1. The van der Waals surface area contributed by atoms with Crippen LogP contribution in [0.5, 0.6) is 11.5 Å². The lowest BCUT2D eigenvalue weighted by Gasteiger charge is -2.07. The summed E-state index contributed by atoms with van der Waals surface area (Å²) >= 11 is 1.56. The second kappa shape index (κ2) is 6.38. The lowest BCUT2D eigenvalue weighted by molar-refractivity contribution is -0.115. The van der Waals surface area contributed by atoms with Gasteiger partial charge in [-0.3, -0.25) is 4.79 Å². The van der Waals surface area contributed by atoms with Crippen LogP contribution in [0.3, 0.4) is 0 Å². The average Bonchev–Trinajstić information content (AvgIpc) is 2.85. The molecule has 0 saturated heterocycles. The van der Waals surface area contributed by atoms with E-state index in [-0.39, 0.29) is 18.1 Å². The van der Waals surface area contributed by atoms with Gasteiger partial charge in [-0.25, -0.2) is 4.98 Å². The van der Waals surface area contributed by atoms with Crippen molar-refractivity contribution < 1.29 is 14.6 Å². The van der Waals surface area contributed by atoms with Crippen LogP contribution in [0.25, 0.3) is 0 Å². The van der Waals surface area contributed by atoms with E-state index in [4.69, 9.17) is 4.74 Å². The summed E-state index contributed by atoms with van der Waals surface area (Å²) < 4.78 is 5.03. The summed E-state index contributed by atoms with van der Waals surface area (Å²) in [6, 6.07) is 4.60. The van der Waals surface area contributed by atoms with Crippen LogP contribution in [-0.4, -0.2) is 23.1 Å². The summed E-state index contributed by atoms with van der Waals surface area (Å²) in [5.41, 5.74) is 1.26. The van der Waals surface area contributed by atoms with E-state index in [1.807, 2.05) is 12.3 Å². The lowest BCUT2D eigenvalue weighted by Crippen LogP contribution is -2.14. The number of rotatable bonds is 5. The largest absolute Gasteiger partial charge is 0.508 e. The highest BCUT2D eigenvalue weighted by molar-refractivity contribution is 7.09. The molecular formula is C14H16N2O3S. The van der Waals surface area contributed by atoms with E-state index >= 15 is 0 Å². The Balaban J connectivity index is 2.02. The van der Waals surface area contributed by atoms with Crippen LogP contribution < -0.4 is 10.1 Å². The number of thiazole rings is 1. The normalized spacial score (nSPS) is 10.3. The van der Waals surface area contributed by atoms with E-state index in [0.717, 1.165) is 17.1 Å². The number of phenolic OH excluding ortho intramolecular Hbond substituents is 1. The zero-order valence-corrected chi connectivity index (χ0v) is 12.2. The first-order chi connectivity index (χ1) is 9.60. The van der Waals surface area contributed by atoms with Gasteiger partial charge in [0.05, 0.1) is 24.2 Å². The van der Waals surface area contributed by atoms with Crippen molar-refractivity contribution in [1.29, 1.82) is 0 Å². The van der Waals surface area contributed by atoms with Gasteiger partial charge in [-0.15, -0.1) is 11.3 Å². The van der Waals surface area contributed by atoms with E-state index in [0.29, 0.717) is 11.4 Å². The summed E-state index contributed by atoms with van der Waals surface area (Å²) in [6.45, 7) is 2.03. The maximum atomic E-state index is 11.9. The molecule has 5 nitrogen and oxygen atoms in total. The van der Waals surface area contributed by atoms with Crippen molar-refractivity contribution in [3.63, 3.8) is 0 Å². The molecular weight excluding hydrogens is 276 g/mol. The third-order valence-corrected chi connectivity index (χ3v) is 3.70. The van der Waals surface area contributed by atoms with Crippen molar-refractivity contribution >= 4 is 22.9 Å². The van der Waals surface area contributed by atoms with Gasteiger partial charge >= 0.3 is 0 Å². The van der Waals surface area contributed by atoms with Crippen molar-refractivity contribution in [2.24, 2.45) is 0 Å². The number of aromatic nitrogens is 1. The van der Waals surface area contributed by atoms with E-state index in [9.17, 15) is 9.90 Å². The first kappa shape index (κ1) is 14.3. The Bertz CT molecular complexity index is 610. The summed E-state index contributed by atoms with van der Waals surface area (Å²) in [5.74, 6) is 0.356. The number of aryl methyl sites for hydroxylation is 1. The quantitative estimate of drug-likeness (QED) is 0.888. The molecule has 0 aliphatic rings. The highest BCUT2D eigenvalue weighted by atomic mass is 32.1. The Morgan fingerprint density at radius 1 is 1.45 bits per heavy atom. The maximum absolute atomic E-state index is 11.9. The average molecular weight is 292 g/mol. The minimum atomic E-state index is -0.175. The van der Waals surface area contributed by atoms with Crippen LogP contribution in [-0.2, 0) is 17.6 Å². The number of ether oxygens (including phenoxy) is 1. The summed E-state index contributed by atoms with van der Waals surface area (Å²) in [7, 11) is 1.50. The fourth-order valence-corrected chi connectivity index (χ4v) is 2.48. The van der Waals surface area contributed by atoms with Crippen LogP contribution in [0.4, 0.5) is 5.69 Å². The number of phenols is 1. The van der Waals surface area contributed by atoms with E-state index in [1.54, 1.807) is 17.4 Å². The first-order valence-electron chi connectivity index (χ1n) is 6.22. The summed E-state index contributed by atoms with van der Waals surface area (Å²) in [4.78, 5) is 16.3. The molecule has 2 aromatic rings. The molecule has 20 heavy (non-hydrogen) atoms. The Labute approximate surface area is 121 Å². The highest BCUT2D eigenvalue weighted by Gasteiger charge is 2.09.